The number of hydrogen-bond donors (Lipinski definition) is 1. The van der Waals surface area contributed by atoms with Gasteiger partial charge >= 0.3 is 5.97 Å². The van der Waals surface area contributed by atoms with Crippen molar-refractivity contribution >= 4 is 23.5 Å². The summed E-state index contributed by atoms with van der Waals surface area (Å²) in [6.07, 6.45) is 0.0465. The van der Waals surface area contributed by atoms with E-state index in [1.54, 1.807) is 24.3 Å². The van der Waals surface area contributed by atoms with Gasteiger partial charge in [-0.1, -0.05) is 59.6 Å². The predicted octanol–water partition coefficient (Wildman–Crippen LogP) is 3.05. The van der Waals surface area contributed by atoms with Crippen LogP contribution in [0.25, 0.3) is 0 Å². The van der Waals surface area contributed by atoms with Crippen LogP contribution in [0.4, 0.5) is 0 Å². The lowest BCUT2D eigenvalue weighted by molar-refractivity contribution is -0.147. The van der Waals surface area contributed by atoms with Gasteiger partial charge in [-0.2, -0.15) is 0 Å². The fourth-order valence-corrected chi connectivity index (χ4v) is 2.15. The summed E-state index contributed by atoms with van der Waals surface area (Å²) in [6.45, 7) is 2.11. The van der Waals surface area contributed by atoms with Crippen LogP contribution in [0.5, 0.6) is 0 Å². The molecule has 2 aromatic rings. The van der Waals surface area contributed by atoms with Crippen LogP contribution >= 0.6 is 11.6 Å². The van der Waals surface area contributed by atoms with E-state index in [-0.39, 0.29) is 18.9 Å². The summed E-state index contributed by atoms with van der Waals surface area (Å²) in [7, 11) is 0. The average Bonchev–Trinajstić information content (AvgIpc) is 2.54. The quantitative estimate of drug-likeness (QED) is 0.828. The maximum absolute atomic E-state index is 11.7. The Hall–Kier alpha value is -2.33. The zero-order valence-electron chi connectivity index (χ0n) is 12.8. The van der Waals surface area contributed by atoms with E-state index < -0.39 is 5.97 Å². The lowest BCUT2D eigenvalue weighted by Crippen LogP contribution is -2.28. The predicted molar refractivity (Wildman–Crippen MR) is 89.1 cm³/mol. The zero-order valence-corrected chi connectivity index (χ0v) is 13.6. The Bertz CT molecular complexity index is 683. The highest BCUT2D eigenvalue weighted by molar-refractivity contribution is 6.31. The van der Waals surface area contributed by atoms with Crippen LogP contribution in [-0.4, -0.2) is 18.5 Å². The first-order valence-corrected chi connectivity index (χ1v) is 7.63. The molecule has 2 rings (SSSR count). The first kappa shape index (κ1) is 17.0. The van der Waals surface area contributed by atoms with Gasteiger partial charge in [-0.25, -0.2) is 0 Å². The molecule has 0 aliphatic heterocycles. The number of carbonyl (C=O) groups excluding carboxylic acids is 2. The largest absolute Gasteiger partial charge is 0.455 e. The first-order valence-electron chi connectivity index (χ1n) is 7.26. The molecular weight excluding hydrogens is 314 g/mol. The molecule has 0 bridgehead atoms. The average molecular weight is 332 g/mol. The summed E-state index contributed by atoms with van der Waals surface area (Å²) in [5, 5.41) is 3.21. The lowest BCUT2D eigenvalue weighted by Gasteiger charge is -2.07. The number of halogens is 1. The normalized spacial score (nSPS) is 10.2. The van der Waals surface area contributed by atoms with Gasteiger partial charge in [-0.3, -0.25) is 9.59 Å². The molecular formula is C18H18ClNO3. The number of esters is 1. The number of rotatable bonds is 6. The smallest absolute Gasteiger partial charge is 0.310 e. The molecule has 0 radical (unpaired) electrons. The Morgan fingerprint density at radius 3 is 2.48 bits per heavy atom. The standard InChI is InChI=1S/C18H18ClNO3/c1-13-6-8-14(9-7-13)11-20-17(21)12-23-18(22)10-15-4-2-3-5-16(15)19/h2-9H,10-12H2,1H3,(H,20,21). The SMILES string of the molecule is Cc1ccc(CNC(=O)COC(=O)Cc2ccccc2Cl)cc1. The van der Waals surface area contributed by atoms with Crippen LogP contribution in [0.15, 0.2) is 48.5 Å². The molecule has 0 atom stereocenters. The van der Waals surface area contributed by atoms with Gasteiger partial charge in [0.25, 0.3) is 5.91 Å². The van der Waals surface area contributed by atoms with Gasteiger partial charge in [0, 0.05) is 11.6 Å². The summed E-state index contributed by atoms with van der Waals surface area (Å²) in [5.41, 5.74) is 2.83. The molecule has 0 unspecified atom stereocenters. The molecule has 4 nitrogen and oxygen atoms in total. The molecule has 5 heteroatoms. The maximum Gasteiger partial charge on any atom is 0.310 e. The molecule has 2 aromatic carbocycles. The summed E-state index contributed by atoms with van der Waals surface area (Å²) in [5.74, 6) is -0.818. The van der Waals surface area contributed by atoms with Crippen molar-refractivity contribution in [1.82, 2.24) is 5.32 Å². The Labute approximate surface area is 140 Å². The number of benzene rings is 2. The lowest BCUT2D eigenvalue weighted by atomic mass is 10.1. The highest BCUT2D eigenvalue weighted by Crippen LogP contribution is 2.15. The topological polar surface area (TPSA) is 55.4 Å². The third-order valence-corrected chi connectivity index (χ3v) is 3.64. The number of nitrogens with one attached hydrogen (secondary N) is 1. The van der Waals surface area contributed by atoms with Crippen molar-refractivity contribution in [3.8, 4) is 0 Å². The minimum absolute atomic E-state index is 0.0465. The van der Waals surface area contributed by atoms with Crippen LogP contribution in [0.2, 0.25) is 5.02 Å². The van der Waals surface area contributed by atoms with Crippen molar-refractivity contribution in [3.05, 3.63) is 70.2 Å². The maximum atomic E-state index is 11.7. The summed E-state index contributed by atoms with van der Waals surface area (Å²) >= 11 is 5.97. The third-order valence-electron chi connectivity index (χ3n) is 3.27. The van der Waals surface area contributed by atoms with E-state index in [0.717, 1.165) is 11.1 Å². The Morgan fingerprint density at radius 1 is 1.09 bits per heavy atom. The fourth-order valence-electron chi connectivity index (χ4n) is 1.95. The molecule has 0 aliphatic rings. The molecule has 0 heterocycles. The molecule has 120 valence electrons. The molecule has 0 saturated carbocycles. The van der Waals surface area contributed by atoms with Crippen molar-refractivity contribution < 1.29 is 14.3 Å². The molecule has 1 amide bonds. The van der Waals surface area contributed by atoms with Gasteiger partial charge in [-0.15, -0.1) is 0 Å². The number of carbonyl (C=O) groups is 2. The van der Waals surface area contributed by atoms with Crippen LogP contribution in [0.1, 0.15) is 16.7 Å². The number of aryl methyl sites for hydroxylation is 1. The number of hydrogen-bond acceptors (Lipinski definition) is 3. The van der Waals surface area contributed by atoms with Gasteiger partial charge in [0.1, 0.15) is 0 Å². The molecule has 1 N–H and O–H groups in total. The van der Waals surface area contributed by atoms with E-state index in [9.17, 15) is 9.59 Å². The number of amides is 1. The van der Waals surface area contributed by atoms with E-state index in [2.05, 4.69) is 5.32 Å². The molecule has 0 saturated heterocycles. The monoisotopic (exact) mass is 331 g/mol. The second-order valence-electron chi connectivity index (χ2n) is 5.19. The van der Waals surface area contributed by atoms with E-state index in [4.69, 9.17) is 16.3 Å². The Kier molecular flexibility index (Phi) is 6.18. The minimum Gasteiger partial charge on any atom is -0.455 e. The van der Waals surface area contributed by atoms with Crippen LogP contribution < -0.4 is 5.32 Å². The van der Waals surface area contributed by atoms with Crippen LogP contribution in [0, 0.1) is 6.92 Å². The highest BCUT2D eigenvalue weighted by Gasteiger charge is 2.10. The van der Waals surface area contributed by atoms with Gasteiger partial charge in [0.15, 0.2) is 6.61 Å². The second-order valence-corrected chi connectivity index (χ2v) is 5.60. The third kappa shape index (κ3) is 5.75. The molecule has 23 heavy (non-hydrogen) atoms. The first-order chi connectivity index (χ1) is 11.0. The second kappa shape index (κ2) is 8.34. The zero-order chi connectivity index (χ0) is 16.7. The summed E-state index contributed by atoms with van der Waals surface area (Å²) in [4.78, 5) is 23.4. The van der Waals surface area contributed by atoms with Crippen molar-refractivity contribution in [2.45, 2.75) is 19.9 Å². The summed E-state index contributed by atoms with van der Waals surface area (Å²) < 4.78 is 4.96. The fraction of sp³-hybridized carbons (Fsp3) is 0.222. The van der Waals surface area contributed by atoms with Crippen molar-refractivity contribution in [3.63, 3.8) is 0 Å². The van der Waals surface area contributed by atoms with Gasteiger partial charge in [-0.05, 0) is 24.1 Å². The van der Waals surface area contributed by atoms with Gasteiger partial charge in [0.05, 0.1) is 6.42 Å². The Morgan fingerprint density at radius 2 is 1.78 bits per heavy atom. The van der Waals surface area contributed by atoms with Crippen LogP contribution in [-0.2, 0) is 27.3 Å². The van der Waals surface area contributed by atoms with Crippen molar-refractivity contribution in [1.29, 1.82) is 0 Å². The van der Waals surface area contributed by atoms with E-state index in [0.29, 0.717) is 17.1 Å². The van der Waals surface area contributed by atoms with E-state index in [1.807, 2.05) is 31.2 Å². The van der Waals surface area contributed by atoms with Crippen LogP contribution in [0.3, 0.4) is 0 Å². The van der Waals surface area contributed by atoms with Crippen molar-refractivity contribution in [2.75, 3.05) is 6.61 Å². The van der Waals surface area contributed by atoms with Crippen molar-refractivity contribution in [2.24, 2.45) is 0 Å². The van der Waals surface area contributed by atoms with Gasteiger partial charge < -0.3 is 10.1 Å². The Balaban J connectivity index is 1.72. The molecule has 0 spiro atoms. The molecule has 0 aliphatic carbocycles. The summed E-state index contributed by atoms with van der Waals surface area (Å²) in [6, 6.07) is 14.9. The molecule has 0 aromatic heterocycles. The van der Waals surface area contributed by atoms with Gasteiger partial charge in [0.2, 0.25) is 0 Å². The molecule has 0 fully saturated rings. The number of ether oxygens (including phenoxy) is 1. The van der Waals surface area contributed by atoms with E-state index >= 15 is 0 Å². The van der Waals surface area contributed by atoms with E-state index in [1.165, 1.54) is 0 Å². The highest BCUT2D eigenvalue weighted by atomic mass is 35.5. The minimum atomic E-state index is -0.483.